The van der Waals surface area contributed by atoms with Gasteiger partial charge in [0.15, 0.2) is 0 Å². The van der Waals surface area contributed by atoms with Crippen molar-refractivity contribution in [2.75, 3.05) is 19.8 Å². The Morgan fingerprint density at radius 3 is 2.82 bits per heavy atom. The first-order valence-electron chi connectivity index (χ1n) is 5.88. The molecule has 0 saturated heterocycles. The van der Waals surface area contributed by atoms with Gasteiger partial charge >= 0.3 is 0 Å². The average molecular weight is 258 g/mol. The monoisotopic (exact) mass is 257 g/mol. The summed E-state index contributed by atoms with van der Waals surface area (Å²) in [4.78, 5) is 0. The highest BCUT2D eigenvalue weighted by molar-refractivity contribution is 6.30. The van der Waals surface area contributed by atoms with Crippen molar-refractivity contribution >= 4 is 11.6 Å². The summed E-state index contributed by atoms with van der Waals surface area (Å²) in [7, 11) is 0. The van der Waals surface area contributed by atoms with E-state index in [4.69, 9.17) is 26.8 Å². The van der Waals surface area contributed by atoms with Crippen molar-refractivity contribution < 1.29 is 9.47 Å². The third-order valence-corrected chi connectivity index (χ3v) is 2.75. The van der Waals surface area contributed by atoms with Gasteiger partial charge in [-0.3, -0.25) is 0 Å². The van der Waals surface area contributed by atoms with Crippen LogP contribution in [0.3, 0.4) is 0 Å². The van der Waals surface area contributed by atoms with Gasteiger partial charge in [0.05, 0.1) is 12.7 Å². The molecule has 0 aliphatic heterocycles. The van der Waals surface area contributed by atoms with E-state index in [1.54, 1.807) is 0 Å². The summed E-state index contributed by atoms with van der Waals surface area (Å²) >= 11 is 5.91. The maximum absolute atomic E-state index is 5.91. The van der Waals surface area contributed by atoms with Gasteiger partial charge in [-0.05, 0) is 31.5 Å². The van der Waals surface area contributed by atoms with E-state index in [0.717, 1.165) is 17.7 Å². The van der Waals surface area contributed by atoms with Crippen LogP contribution in [-0.2, 0) is 4.74 Å². The van der Waals surface area contributed by atoms with E-state index in [1.807, 2.05) is 32.0 Å². The summed E-state index contributed by atoms with van der Waals surface area (Å²) in [6.07, 6.45) is 0.857. The first kappa shape index (κ1) is 14.3. The van der Waals surface area contributed by atoms with Gasteiger partial charge in [-0.1, -0.05) is 17.7 Å². The number of hydrogen-bond acceptors (Lipinski definition) is 3. The van der Waals surface area contributed by atoms with Crippen LogP contribution in [-0.4, -0.2) is 25.9 Å². The van der Waals surface area contributed by atoms with Gasteiger partial charge in [0, 0.05) is 24.6 Å². The molecular formula is C13H20ClNO2. The smallest absolute Gasteiger partial charge is 0.123 e. The molecule has 1 aromatic carbocycles. The van der Waals surface area contributed by atoms with E-state index in [1.165, 1.54) is 0 Å². The Labute approximate surface area is 108 Å². The fourth-order valence-corrected chi connectivity index (χ4v) is 1.70. The fourth-order valence-electron chi connectivity index (χ4n) is 1.53. The van der Waals surface area contributed by atoms with Gasteiger partial charge in [-0.2, -0.15) is 0 Å². The maximum Gasteiger partial charge on any atom is 0.123 e. The lowest BCUT2D eigenvalue weighted by Crippen LogP contribution is -2.25. The Morgan fingerprint density at radius 1 is 1.41 bits per heavy atom. The van der Waals surface area contributed by atoms with E-state index in [9.17, 15) is 0 Å². The van der Waals surface area contributed by atoms with E-state index in [-0.39, 0.29) is 6.10 Å². The zero-order valence-corrected chi connectivity index (χ0v) is 11.2. The van der Waals surface area contributed by atoms with Gasteiger partial charge in [0.1, 0.15) is 5.75 Å². The van der Waals surface area contributed by atoms with Crippen molar-refractivity contribution in [3.63, 3.8) is 0 Å². The molecule has 0 radical (unpaired) electrons. The Bertz CT molecular complexity index is 344. The Hall–Kier alpha value is -0.770. The largest absolute Gasteiger partial charge is 0.493 e. The van der Waals surface area contributed by atoms with Crippen molar-refractivity contribution in [2.45, 2.75) is 26.4 Å². The summed E-state index contributed by atoms with van der Waals surface area (Å²) in [6.45, 7) is 5.74. The second-order valence-corrected chi connectivity index (χ2v) is 4.30. The second-order valence-electron chi connectivity index (χ2n) is 3.86. The molecule has 17 heavy (non-hydrogen) atoms. The maximum atomic E-state index is 5.91. The number of hydrogen-bond donors (Lipinski definition) is 1. The molecule has 0 amide bonds. The average Bonchev–Trinajstić information content (AvgIpc) is 2.32. The summed E-state index contributed by atoms with van der Waals surface area (Å²) in [5.41, 5.74) is 6.67. The van der Waals surface area contributed by atoms with Gasteiger partial charge in [0.2, 0.25) is 0 Å². The SMILES string of the molecule is CCOC(CN)CCOc1cc(Cl)ccc1C. The van der Waals surface area contributed by atoms with E-state index >= 15 is 0 Å². The molecule has 1 rings (SSSR count). The van der Waals surface area contributed by atoms with E-state index < -0.39 is 0 Å². The van der Waals surface area contributed by atoms with Gasteiger partial charge in [-0.25, -0.2) is 0 Å². The second kappa shape index (κ2) is 7.54. The number of aryl methyl sites for hydroxylation is 1. The van der Waals surface area contributed by atoms with Gasteiger partial charge < -0.3 is 15.2 Å². The minimum absolute atomic E-state index is 0.0690. The van der Waals surface area contributed by atoms with Crippen LogP contribution in [0, 0.1) is 6.92 Å². The van der Waals surface area contributed by atoms with Crippen molar-refractivity contribution in [2.24, 2.45) is 5.73 Å². The van der Waals surface area contributed by atoms with Crippen LogP contribution in [0.2, 0.25) is 5.02 Å². The highest BCUT2D eigenvalue weighted by atomic mass is 35.5. The highest BCUT2D eigenvalue weighted by Crippen LogP contribution is 2.22. The van der Waals surface area contributed by atoms with Crippen LogP contribution < -0.4 is 10.5 Å². The third-order valence-electron chi connectivity index (χ3n) is 2.51. The van der Waals surface area contributed by atoms with Crippen LogP contribution in [0.4, 0.5) is 0 Å². The molecular weight excluding hydrogens is 238 g/mol. The molecule has 0 saturated carbocycles. The van der Waals surface area contributed by atoms with Crippen LogP contribution in [0.15, 0.2) is 18.2 Å². The molecule has 0 aliphatic rings. The quantitative estimate of drug-likeness (QED) is 0.817. The fraction of sp³-hybridized carbons (Fsp3) is 0.538. The molecule has 1 unspecified atom stereocenters. The van der Waals surface area contributed by atoms with Crippen molar-refractivity contribution in [3.8, 4) is 5.75 Å². The molecule has 0 bridgehead atoms. The molecule has 1 atom stereocenters. The lowest BCUT2D eigenvalue weighted by Gasteiger charge is -2.15. The van der Waals surface area contributed by atoms with Crippen molar-refractivity contribution in [1.29, 1.82) is 0 Å². The Morgan fingerprint density at radius 2 is 2.18 bits per heavy atom. The number of benzene rings is 1. The van der Waals surface area contributed by atoms with Gasteiger partial charge in [-0.15, -0.1) is 0 Å². The highest BCUT2D eigenvalue weighted by Gasteiger charge is 2.07. The molecule has 0 fully saturated rings. The van der Waals surface area contributed by atoms with E-state index in [0.29, 0.717) is 24.8 Å². The molecule has 96 valence electrons. The summed E-state index contributed by atoms with van der Waals surface area (Å²) < 4.78 is 11.1. The predicted molar refractivity (Wildman–Crippen MR) is 70.8 cm³/mol. The van der Waals surface area contributed by atoms with Crippen LogP contribution >= 0.6 is 11.6 Å². The summed E-state index contributed by atoms with van der Waals surface area (Å²) in [6, 6.07) is 5.63. The minimum Gasteiger partial charge on any atom is -0.493 e. The first-order chi connectivity index (χ1) is 8.17. The summed E-state index contributed by atoms with van der Waals surface area (Å²) in [5, 5.41) is 0.686. The van der Waals surface area contributed by atoms with Crippen LogP contribution in [0.5, 0.6) is 5.75 Å². The molecule has 0 spiro atoms. The zero-order valence-electron chi connectivity index (χ0n) is 10.4. The van der Waals surface area contributed by atoms with Crippen LogP contribution in [0.1, 0.15) is 18.9 Å². The number of halogens is 1. The number of ether oxygens (including phenoxy) is 2. The first-order valence-corrected chi connectivity index (χ1v) is 6.25. The van der Waals surface area contributed by atoms with E-state index in [2.05, 4.69) is 0 Å². The predicted octanol–water partition coefficient (Wildman–Crippen LogP) is 2.78. The van der Waals surface area contributed by atoms with Crippen LogP contribution in [0.25, 0.3) is 0 Å². The number of rotatable bonds is 7. The third kappa shape index (κ3) is 4.94. The molecule has 3 nitrogen and oxygen atoms in total. The molecule has 0 aliphatic carbocycles. The van der Waals surface area contributed by atoms with Crippen molar-refractivity contribution in [1.82, 2.24) is 0 Å². The zero-order chi connectivity index (χ0) is 12.7. The molecule has 1 aromatic rings. The molecule has 4 heteroatoms. The Balaban J connectivity index is 2.42. The number of nitrogens with two attached hydrogens (primary N) is 1. The standard InChI is InChI=1S/C13H20ClNO2/c1-3-16-12(9-15)6-7-17-13-8-11(14)5-4-10(13)2/h4-5,8,12H,3,6-7,9,15H2,1-2H3. The lowest BCUT2D eigenvalue weighted by molar-refractivity contribution is 0.0526. The molecule has 0 aromatic heterocycles. The summed E-state index contributed by atoms with van der Waals surface area (Å²) in [5.74, 6) is 0.824. The lowest BCUT2D eigenvalue weighted by atomic mass is 10.2. The Kier molecular flexibility index (Phi) is 6.34. The molecule has 2 N–H and O–H groups in total. The topological polar surface area (TPSA) is 44.5 Å². The normalized spacial score (nSPS) is 12.5. The van der Waals surface area contributed by atoms with Crippen molar-refractivity contribution in [3.05, 3.63) is 28.8 Å². The molecule has 0 heterocycles. The van der Waals surface area contributed by atoms with Gasteiger partial charge in [0.25, 0.3) is 0 Å². The minimum atomic E-state index is 0.0690.